The van der Waals surface area contributed by atoms with E-state index in [1.54, 1.807) is 19.9 Å². The maximum absolute atomic E-state index is 11.3. The van der Waals surface area contributed by atoms with Crippen molar-refractivity contribution in [3.05, 3.63) is 17.5 Å². The van der Waals surface area contributed by atoms with Crippen molar-refractivity contribution in [2.45, 2.75) is 13.8 Å². The van der Waals surface area contributed by atoms with E-state index >= 15 is 0 Å². The summed E-state index contributed by atoms with van der Waals surface area (Å²) in [5.41, 5.74) is 0.243. The molecule has 1 rings (SSSR count). The van der Waals surface area contributed by atoms with E-state index < -0.39 is 0 Å². The molecule has 1 unspecified atom stereocenters. The number of nitriles is 1. The van der Waals surface area contributed by atoms with E-state index in [1.165, 1.54) is 0 Å². The maximum Gasteiger partial charge on any atom is 0.273 e. The summed E-state index contributed by atoms with van der Waals surface area (Å²) >= 11 is 0. The van der Waals surface area contributed by atoms with Gasteiger partial charge < -0.3 is 9.84 Å². The van der Waals surface area contributed by atoms with E-state index in [1.807, 2.05) is 6.07 Å². The average Bonchev–Trinajstić information content (AvgIpc) is 2.60. The number of hydrogen-bond donors (Lipinski definition) is 1. The summed E-state index contributed by atoms with van der Waals surface area (Å²) in [6, 6.07) is 3.57. The lowest BCUT2D eigenvalue weighted by Crippen LogP contribution is -2.27. The third-order valence-corrected chi connectivity index (χ3v) is 1.65. The fraction of sp³-hybridized carbons (Fsp3) is 0.444. The van der Waals surface area contributed by atoms with Gasteiger partial charge in [0.05, 0.1) is 12.0 Å². The van der Waals surface area contributed by atoms with Crippen LogP contribution >= 0.6 is 0 Å². The lowest BCUT2D eigenvalue weighted by atomic mass is 10.2. The molecule has 1 amide bonds. The molecule has 0 aromatic carbocycles. The molecule has 0 radical (unpaired) electrons. The van der Waals surface area contributed by atoms with Gasteiger partial charge in [-0.05, 0) is 13.8 Å². The molecule has 0 aliphatic heterocycles. The molecule has 1 aromatic rings. The molecule has 0 aliphatic rings. The van der Waals surface area contributed by atoms with E-state index in [0.717, 1.165) is 0 Å². The van der Waals surface area contributed by atoms with Gasteiger partial charge in [-0.1, -0.05) is 5.16 Å². The summed E-state index contributed by atoms with van der Waals surface area (Å²) in [5, 5.41) is 14.6. The van der Waals surface area contributed by atoms with Crippen LogP contribution in [-0.4, -0.2) is 17.6 Å². The van der Waals surface area contributed by atoms with Crippen LogP contribution in [0, 0.1) is 24.2 Å². The van der Waals surface area contributed by atoms with Crippen molar-refractivity contribution in [2.24, 2.45) is 5.92 Å². The molecular weight excluding hydrogens is 182 g/mol. The summed E-state index contributed by atoms with van der Waals surface area (Å²) in [4.78, 5) is 11.3. The first-order valence-electron chi connectivity index (χ1n) is 4.24. The number of rotatable bonds is 3. The average molecular weight is 193 g/mol. The Bertz CT molecular complexity index is 364. The van der Waals surface area contributed by atoms with Crippen LogP contribution in [0.2, 0.25) is 0 Å². The van der Waals surface area contributed by atoms with Gasteiger partial charge in [0.15, 0.2) is 5.69 Å². The third kappa shape index (κ3) is 2.59. The highest BCUT2D eigenvalue weighted by Crippen LogP contribution is 2.01. The second kappa shape index (κ2) is 4.42. The Morgan fingerprint density at radius 3 is 3.07 bits per heavy atom. The lowest BCUT2D eigenvalue weighted by Gasteiger charge is -2.02. The lowest BCUT2D eigenvalue weighted by molar-refractivity contribution is 0.0941. The smallest absolute Gasteiger partial charge is 0.273 e. The molecule has 1 atom stereocenters. The Labute approximate surface area is 81.7 Å². The van der Waals surface area contributed by atoms with Crippen LogP contribution < -0.4 is 5.32 Å². The Balaban J connectivity index is 2.48. The highest BCUT2D eigenvalue weighted by Gasteiger charge is 2.11. The van der Waals surface area contributed by atoms with Crippen molar-refractivity contribution in [1.29, 1.82) is 5.26 Å². The highest BCUT2D eigenvalue weighted by molar-refractivity contribution is 5.92. The van der Waals surface area contributed by atoms with Gasteiger partial charge in [0.25, 0.3) is 5.91 Å². The highest BCUT2D eigenvalue weighted by atomic mass is 16.5. The first-order chi connectivity index (χ1) is 6.63. The predicted molar refractivity (Wildman–Crippen MR) is 48.4 cm³/mol. The van der Waals surface area contributed by atoms with E-state index in [4.69, 9.17) is 9.78 Å². The minimum absolute atomic E-state index is 0.202. The second-order valence-corrected chi connectivity index (χ2v) is 3.06. The van der Waals surface area contributed by atoms with Gasteiger partial charge in [0.1, 0.15) is 5.76 Å². The minimum Gasteiger partial charge on any atom is -0.361 e. The maximum atomic E-state index is 11.3. The predicted octanol–water partition coefficient (Wildman–Crippen LogP) is 0.872. The number of aryl methyl sites for hydroxylation is 1. The molecule has 0 saturated carbocycles. The number of hydrogen-bond acceptors (Lipinski definition) is 4. The first kappa shape index (κ1) is 10.3. The zero-order valence-corrected chi connectivity index (χ0v) is 8.07. The number of amides is 1. The number of nitrogens with zero attached hydrogens (tertiary/aromatic N) is 2. The molecular formula is C9H11N3O2. The van der Waals surface area contributed by atoms with Crippen molar-refractivity contribution >= 4 is 5.91 Å². The third-order valence-electron chi connectivity index (χ3n) is 1.65. The topological polar surface area (TPSA) is 78.9 Å². The van der Waals surface area contributed by atoms with Crippen LogP contribution in [0.4, 0.5) is 0 Å². The first-order valence-corrected chi connectivity index (χ1v) is 4.24. The summed E-state index contributed by atoms with van der Waals surface area (Å²) in [6.45, 7) is 3.76. The number of nitrogens with one attached hydrogen (secondary N) is 1. The van der Waals surface area contributed by atoms with Crippen molar-refractivity contribution in [1.82, 2.24) is 10.5 Å². The Hall–Kier alpha value is -1.83. The van der Waals surface area contributed by atoms with Crippen LogP contribution in [0.1, 0.15) is 23.2 Å². The Kier molecular flexibility index (Phi) is 3.24. The van der Waals surface area contributed by atoms with Gasteiger partial charge in [-0.2, -0.15) is 5.26 Å². The minimum atomic E-state index is -0.316. The van der Waals surface area contributed by atoms with E-state index in [0.29, 0.717) is 12.3 Å². The van der Waals surface area contributed by atoms with Gasteiger partial charge >= 0.3 is 0 Å². The van der Waals surface area contributed by atoms with Crippen molar-refractivity contribution in [3.8, 4) is 6.07 Å². The van der Waals surface area contributed by atoms with Crippen LogP contribution in [0.15, 0.2) is 10.6 Å². The van der Waals surface area contributed by atoms with Crippen molar-refractivity contribution in [2.75, 3.05) is 6.54 Å². The zero-order chi connectivity index (χ0) is 10.6. The Morgan fingerprint density at radius 1 is 1.86 bits per heavy atom. The van der Waals surface area contributed by atoms with E-state index in [-0.39, 0.29) is 17.5 Å². The van der Waals surface area contributed by atoms with Crippen LogP contribution in [-0.2, 0) is 0 Å². The molecule has 0 aliphatic carbocycles. The van der Waals surface area contributed by atoms with Crippen molar-refractivity contribution in [3.63, 3.8) is 0 Å². The molecule has 0 saturated heterocycles. The standard InChI is InChI=1S/C9H11N3O2/c1-6(4-10)5-11-9(13)8-3-7(2)14-12-8/h3,6H,5H2,1-2H3,(H,11,13). The second-order valence-electron chi connectivity index (χ2n) is 3.06. The molecule has 74 valence electrons. The van der Waals surface area contributed by atoms with Gasteiger partial charge in [-0.25, -0.2) is 0 Å². The molecule has 5 heteroatoms. The molecule has 0 fully saturated rings. The van der Waals surface area contributed by atoms with Crippen LogP contribution in [0.5, 0.6) is 0 Å². The van der Waals surface area contributed by atoms with Crippen LogP contribution in [0.3, 0.4) is 0 Å². The van der Waals surface area contributed by atoms with Gasteiger partial charge in [0.2, 0.25) is 0 Å². The molecule has 0 bridgehead atoms. The molecule has 1 heterocycles. The largest absolute Gasteiger partial charge is 0.361 e. The number of carbonyl (C=O) groups is 1. The van der Waals surface area contributed by atoms with Crippen molar-refractivity contribution < 1.29 is 9.32 Å². The molecule has 14 heavy (non-hydrogen) atoms. The van der Waals surface area contributed by atoms with Gasteiger partial charge in [-0.15, -0.1) is 0 Å². The fourth-order valence-corrected chi connectivity index (χ4v) is 0.855. The number of carbonyl (C=O) groups excluding carboxylic acids is 1. The molecule has 5 nitrogen and oxygen atoms in total. The summed E-state index contributed by atoms with van der Waals surface area (Å²) in [7, 11) is 0. The quantitative estimate of drug-likeness (QED) is 0.772. The normalized spacial score (nSPS) is 11.8. The Morgan fingerprint density at radius 2 is 2.57 bits per heavy atom. The van der Waals surface area contributed by atoms with E-state index in [9.17, 15) is 4.79 Å². The summed E-state index contributed by atoms with van der Waals surface area (Å²) in [6.07, 6.45) is 0. The van der Waals surface area contributed by atoms with Gasteiger partial charge in [-0.3, -0.25) is 4.79 Å². The SMILES string of the molecule is Cc1cc(C(=O)NCC(C)C#N)no1. The zero-order valence-electron chi connectivity index (χ0n) is 8.07. The molecule has 0 spiro atoms. The molecule has 1 aromatic heterocycles. The van der Waals surface area contributed by atoms with Crippen LogP contribution in [0.25, 0.3) is 0 Å². The fourth-order valence-electron chi connectivity index (χ4n) is 0.855. The summed E-state index contributed by atoms with van der Waals surface area (Å²) < 4.78 is 4.74. The number of aromatic nitrogens is 1. The van der Waals surface area contributed by atoms with E-state index in [2.05, 4.69) is 10.5 Å². The summed E-state index contributed by atoms with van der Waals surface area (Å²) in [5.74, 6) is 0.0689. The monoisotopic (exact) mass is 193 g/mol. The molecule has 1 N–H and O–H groups in total. The van der Waals surface area contributed by atoms with Gasteiger partial charge in [0, 0.05) is 12.6 Å².